The number of aromatic hydroxyl groups is 1. The van der Waals surface area contributed by atoms with Crippen LogP contribution in [0.1, 0.15) is 5.56 Å². The van der Waals surface area contributed by atoms with E-state index in [9.17, 15) is 5.11 Å². The van der Waals surface area contributed by atoms with Gasteiger partial charge in [0.15, 0.2) is 0 Å². The number of rotatable bonds is 2. The van der Waals surface area contributed by atoms with E-state index in [-0.39, 0.29) is 5.75 Å². The monoisotopic (exact) mass is 311 g/mol. The molecule has 0 unspecified atom stereocenters. The number of methoxy groups -OCH3 is 1. The van der Waals surface area contributed by atoms with Gasteiger partial charge in [-0.3, -0.25) is 4.68 Å². The zero-order valence-corrected chi connectivity index (χ0v) is 11.9. The van der Waals surface area contributed by atoms with Crippen molar-refractivity contribution in [1.29, 1.82) is 0 Å². The van der Waals surface area contributed by atoms with Crippen LogP contribution in [0.25, 0.3) is 11.1 Å². The van der Waals surface area contributed by atoms with Crippen LogP contribution >= 0.6 is 15.9 Å². The molecular weight excluding hydrogens is 298 g/mol. The Bertz CT molecular complexity index is 608. The van der Waals surface area contributed by atoms with Crippen LogP contribution in [0.3, 0.4) is 0 Å². The Balaban J connectivity index is 2.70. The molecule has 0 aliphatic carbocycles. The minimum atomic E-state index is 0.148. The molecule has 1 aromatic heterocycles. The average molecular weight is 312 g/mol. The minimum Gasteiger partial charge on any atom is -0.507 e. The maximum absolute atomic E-state index is 10.2. The van der Waals surface area contributed by atoms with Gasteiger partial charge in [-0.05, 0) is 28.9 Å². The molecule has 0 atom stereocenters. The summed E-state index contributed by atoms with van der Waals surface area (Å²) in [5.41, 5.74) is 7.90. The molecule has 0 spiro atoms. The Morgan fingerprint density at radius 3 is 2.61 bits per heavy atom. The van der Waals surface area contributed by atoms with E-state index >= 15 is 0 Å². The van der Waals surface area contributed by atoms with Crippen molar-refractivity contribution < 1.29 is 9.84 Å². The molecule has 0 saturated heterocycles. The van der Waals surface area contributed by atoms with Crippen molar-refractivity contribution in [2.75, 3.05) is 12.8 Å². The van der Waals surface area contributed by atoms with Crippen molar-refractivity contribution in [2.24, 2.45) is 7.05 Å². The molecule has 3 N–H and O–H groups in total. The van der Waals surface area contributed by atoms with Crippen LogP contribution in [0, 0.1) is 6.92 Å². The van der Waals surface area contributed by atoms with Crippen LogP contribution in [0.5, 0.6) is 11.5 Å². The third kappa shape index (κ3) is 1.82. The molecule has 18 heavy (non-hydrogen) atoms. The van der Waals surface area contributed by atoms with Gasteiger partial charge in [0.05, 0.1) is 17.8 Å². The molecule has 0 fully saturated rings. The predicted octanol–water partition coefficient (Wildman–Crippen LogP) is 2.45. The number of nitrogens with two attached hydrogens (primary N) is 1. The SMILES string of the molecule is COc1c(Br)cc(-c2cnn(C)c2N)c(O)c1C. The van der Waals surface area contributed by atoms with E-state index in [4.69, 9.17) is 10.5 Å². The molecule has 0 aliphatic rings. The molecule has 2 aromatic rings. The van der Waals surface area contributed by atoms with Crippen LogP contribution in [-0.2, 0) is 7.05 Å². The highest BCUT2D eigenvalue weighted by atomic mass is 79.9. The van der Waals surface area contributed by atoms with Crippen LogP contribution in [0.2, 0.25) is 0 Å². The minimum absolute atomic E-state index is 0.148. The normalized spacial score (nSPS) is 10.7. The number of aromatic nitrogens is 2. The molecule has 0 aliphatic heterocycles. The van der Waals surface area contributed by atoms with Gasteiger partial charge in [-0.15, -0.1) is 0 Å². The van der Waals surface area contributed by atoms with E-state index in [1.807, 2.05) is 0 Å². The lowest BCUT2D eigenvalue weighted by atomic mass is 10.0. The number of phenolic OH excluding ortho intramolecular Hbond substituents is 1. The van der Waals surface area contributed by atoms with Gasteiger partial charge in [0, 0.05) is 23.7 Å². The van der Waals surface area contributed by atoms with Crippen molar-refractivity contribution in [3.8, 4) is 22.6 Å². The van der Waals surface area contributed by atoms with E-state index in [2.05, 4.69) is 21.0 Å². The smallest absolute Gasteiger partial charge is 0.139 e. The second-order valence-corrected chi connectivity index (χ2v) is 4.83. The van der Waals surface area contributed by atoms with Crippen molar-refractivity contribution in [1.82, 2.24) is 9.78 Å². The Morgan fingerprint density at radius 1 is 1.44 bits per heavy atom. The second kappa shape index (κ2) is 4.53. The number of nitrogen functional groups attached to an aromatic ring is 1. The first-order chi connectivity index (χ1) is 8.47. The number of hydrogen-bond acceptors (Lipinski definition) is 4. The van der Waals surface area contributed by atoms with Crippen molar-refractivity contribution in [3.05, 3.63) is 22.3 Å². The number of phenols is 1. The Hall–Kier alpha value is -1.69. The number of benzene rings is 1. The van der Waals surface area contributed by atoms with E-state index in [0.29, 0.717) is 28.3 Å². The van der Waals surface area contributed by atoms with Crippen LogP contribution < -0.4 is 10.5 Å². The number of aryl methyl sites for hydroxylation is 1. The molecule has 0 saturated carbocycles. The molecule has 1 heterocycles. The van der Waals surface area contributed by atoms with Crippen molar-refractivity contribution >= 4 is 21.7 Å². The maximum Gasteiger partial charge on any atom is 0.139 e. The van der Waals surface area contributed by atoms with Crippen LogP contribution in [0.4, 0.5) is 5.82 Å². The standard InChI is InChI=1S/C12H14BrN3O2/c1-6-10(17)7(4-9(13)11(6)18-3)8-5-15-16(2)12(8)14/h4-5,17H,14H2,1-3H3. The third-order valence-electron chi connectivity index (χ3n) is 2.92. The van der Waals surface area contributed by atoms with E-state index in [1.165, 1.54) is 0 Å². The highest BCUT2D eigenvalue weighted by molar-refractivity contribution is 9.10. The molecule has 2 rings (SSSR count). The average Bonchev–Trinajstić information content (AvgIpc) is 2.66. The molecule has 1 aromatic carbocycles. The quantitative estimate of drug-likeness (QED) is 0.893. The lowest BCUT2D eigenvalue weighted by Gasteiger charge is -2.13. The summed E-state index contributed by atoms with van der Waals surface area (Å²) in [5, 5.41) is 14.3. The molecule has 0 amide bonds. The molecule has 6 heteroatoms. The van der Waals surface area contributed by atoms with Crippen LogP contribution in [0.15, 0.2) is 16.7 Å². The van der Waals surface area contributed by atoms with Crippen molar-refractivity contribution in [3.63, 3.8) is 0 Å². The summed E-state index contributed by atoms with van der Waals surface area (Å²) in [6.45, 7) is 1.79. The first-order valence-corrected chi connectivity index (χ1v) is 6.10. The maximum atomic E-state index is 10.2. The number of hydrogen-bond donors (Lipinski definition) is 2. The van der Waals surface area contributed by atoms with Crippen LogP contribution in [-0.4, -0.2) is 22.0 Å². The zero-order chi connectivity index (χ0) is 13.4. The summed E-state index contributed by atoms with van der Waals surface area (Å²) in [5.74, 6) is 1.26. The topological polar surface area (TPSA) is 73.3 Å². The van der Waals surface area contributed by atoms with Gasteiger partial charge in [0.2, 0.25) is 0 Å². The second-order valence-electron chi connectivity index (χ2n) is 3.98. The van der Waals surface area contributed by atoms with Gasteiger partial charge < -0.3 is 15.6 Å². The number of halogens is 1. The number of nitrogens with zero attached hydrogens (tertiary/aromatic N) is 2. The first-order valence-electron chi connectivity index (χ1n) is 5.31. The van der Waals surface area contributed by atoms with Gasteiger partial charge in [0.25, 0.3) is 0 Å². The predicted molar refractivity (Wildman–Crippen MR) is 73.7 cm³/mol. The molecule has 96 valence electrons. The Labute approximate surface area is 113 Å². The number of ether oxygens (including phenoxy) is 1. The largest absolute Gasteiger partial charge is 0.507 e. The van der Waals surface area contributed by atoms with Crippen molar-refractivity contribution in [2.45, 2.75) is 6.92 Å². The molecule has 0 radical (unpaired) electrons. The summed E-state index contributed by atoms with van der Waals surface area (Å²) in [7, 11) is 3.31. The summed E-state index contributed by atoms with van der Waals surface area (Å²) in [6, 6.07) is 1.77. The third-order valence-corrected chi connectivity index (χ3v) is 3.51. The van der Waals surface area contributed by atoms with Gasteiger partial charge in [-0.2, -0.15) is 5.10 Å². The highest BCUT2D eigenvalue weighted by Crippen LogP contribution is 2.43. The number of anilines is 1. The summed E-state index contributed by atoms with van der Waals surface area (Å²) < 4.78 is 7.54. The molecule has 0 bridgehead atoms. The van der Waals surface area contributed by atoms with E-state index in [0.717, 1.165) is 4.47 Å². The van der Waals surface area contributed by atoms with E-state index < -0.39 is 0 Å². The molecule has 5 nitrogen and oxygen atoms in total. The van der Waals surface area contributed by atoms with E-state index in [1.54, 1.807) is 38.0 Å². The zero-order valence-electron chi connectivity index (χ0n) is 10.4. The van der Waals surface area contributed by atoms with Gasteiger partial charge >= 0.3 is 0 Å². The van der Waals surface area contributed by atoms with Gasteiger partial charge in [0.1, 0.15) is 17.3 Å². The fraction of sp³-hybridized carbons (Fsp3) is 0.250. The lowest BCUT2D eigenvalue weighted by Crippen LogP contribution is -1.98. The molecular formula is C12H14BrN3O2. The summed E-state index contributed by atoms with van der Waals surface area (Å²) in [4.78, 5) is 0. The Morgan fingerprint density at radius 2 is 2.11 bits per heavy atom. The summed E-state index contributed by atoms with van der Waals surface area (Å²) >= 11 is 3.42. The highest BCUT2D eigenvalue weighted by Gasteiger charge is 2.18. The first kappa shape index (κ1) is 12.8. The van der Waals surface area contributed by atoms with Gasteiger partial charge in [-0.1, -0.05) is 0 Å². The van der Waals surface area contributed by atoms with Gasteiger partial charge in [-0.25, -0.2) is 0 Å². The lowest BCUT2D eigenvalue weighted by molar-refractivity contribution is 0.400. The summed E-state index contributed by atoms with van der Waals surface area (Å²) in [6.07, 6.45) is 1.63. The fourth-order valence-electron chi connectivity index (χ4n) is 1.86. The fourth-order valence-corrected chi connectivity index (χ4v) is 2.55. The Kier molecular flexibility index (Phi) is 3.21.